The summed E-state index contributed by atoms with van der Waals surface area (Å²) in [5.41, 5.74) is 5.10. The number of hydrogen-bond donors (Lipinski definition) is 3. The molecule has 0 aliphatic heterocycles. The van der Waals surface area contributed by atoms with E-state index in [1.807, 2.05) is 78.9 Å². The molecule has 0 bridgehead atoms. The maximum Gasteiger partial charge on any atom is 0.407 e. The number of carbonyl (C=O) groups is 4. The van der Waals surface area contributed by atoms with E-state index >= 15 is 0 Å². The van der Waals surface area contributed by atoms with E-state index < -0.39 is 30.0 Å². The van der Waals surface area contributed by atoms with Crippen LogP contribution in [0.5, 0.6) is 0 Å². The molecule has 0 radical (unpaired) electrons. The van der Waals surface area contributed by atoms with E-state index in [4.69, 9.17) is 14.6 Å². The standard InChI is InChI=1S/C33H34N2O7/c36-30(37)17-22-14-15-23(16-22)34-32(39)29(18-31(38)41-19-21-8-2-1-3-9-21)35-33(40)42-20-28-26-12-6-4-10-24(26)25-11-5-7-13-27(25)28/h1-13,22-23,28-29H,14-20H2,(H,34,39)(H,35,40)(H,36,37)/t22-,23+,29+/m1/s1. The molecule has 1 fully saturated rings. The Kier molecular flexibility index (Phi) is 9.16. The maximum atomic E-state index is 13.3. The Bertz CT molecular complexity index is 1400. The highest BCUT2D eigenvalue weighted by Gasteiger charge is 2.33. The summed E-state index contributed by atoms with van der Waals surface area (Å²) in [6.45, 7) is 0.102. The van der Waals surface area contributed by atoms with E-state index in [0.29, 0.717) is 19.3 Å². The third-order valence-electron chi connectivity index (χ3n) is 7.92. The van der Waals surface area contributed by atoms with Gasteiger partial charge in [0.05, 0.1) is 6.42 Å². The van der Waals surface area contributed by atoms with Crippen LogP contribution in [-0.2, 0) is 30.5 Å². The van der Waals surface area contributed by atoms with Crippen molar-refractivity contribution in [3.8, 4) is 11.1 Å². The Hall–Kier alpha value is -4.66. The zero-order valence-electron chi connectivity index (χ0n) is 23.2. The van der Waals surface area contributed by atoms with E-state index in [0.717, 1.165) is 27.8 Å². The van der Waals surface area contributed by atoms with Crippen LogP contribution in [0.15, 0.2) is 78.9 Å². The molecule has 9 heteroatoms. The minimum absolute atomic E-state index is 0.0304. The van der Waals surface area contributed by atoms with Crippen LogP contribution in [0.4, 0.5) is 4.79 Å². The van der Waals surface area contributed by atoms with Gasteiger partial charge in [0.2, 0.25) is 5.91 Å². The fourth-order valence-corrected chi connectivity index (χ4v) is 5.90. The van der Waals surface area contributed by atoms with Gasteiger partial charge in [-0.25, -0.2) is 4.79 Å². The van der Waals surface area contributed by atoms with Gasteiger partial charge in [0.15, 0.2) is 0 Å². The summed E-state index contributed by atoms with van der Waals surface area (Å²) in [7, 11) is 0. The third kappa shape index (κ3) is 7.15. The Morgan fingerprint density at radius 3 is 2.14 bits per heavy atom. The van der Waals surface area contributed by atoms with Crippen molar-refractivity contribution >= 4 is 23.9 Å². The highest BCUT2D eigenvalue weighted by molar-refractivity contribution is 5.90. The van der Waals surface area contributed by atoms with Crippen molar-refractivity contribution in [2.24, 2.45) is 5.92 Å². The maximum absolute atomic E-state index is 13.3. The monoisotopic (exact) mass is 570 g/mol. The number of amides is 2. The molecule has 0 saturated heterocycles. The number of hydrogen-bond acceptors (Lipinski definition) is 6. The summed E-state index contributed by atoms with van der Waals surface area (Å²) in [5.74, 6) is -2.25. The highest BCUT2D eigenvalue weighted by Crippen LogP contribution is 2.44. The van der Waals surface area contributed by atoms with E-state index in [1.165, 1.54) is 0 Å². The lowest BCUT2D eigenvalue weighted by Gasteiger charge is -2.21. The van der Waals surface area contributed by atoms with Gasteiger partial charge in [0.25, 0.3) is 0 Å². The van der Waals surface area contributed by atoms with Gasteiger partial charge < -0.3 is 25.2 Å². The topological polar surface area (TPSA) is 131 Å². The summed E-state index contributed by atoms with van der Waals surface area (Å²) < 4.78 is 11.0. The number of carboxylic acids is 1. The van der Waals surface area contributed by atoms with Crippen molar-refractivity contribution in [2.45, 2.75) is 56.7 Å². The first-order valence-electron chi connectivity index (χ1n) is 14.2. The molecular weight excluding hydrogens is 536 g/mol. The SMILES string of the molecule is O=C(O)C[C@@H]1CC[C@H](NC(=O)[C@H](CC(=O)OCc2ccccc2)NC(=O)OCC2c3ccccc3-c3ccccc32)C1. The van der Waals surface area contributed by atoms with Gasteiger partial charge in [0, 0.05) is 18.4 Å². The number of fused-ring (bicyclic) bond motifs is 3. The molecule has 218 valence electrons. The molecule has 5 rings (SSSR count). The smallest absolute Gasteiger partial charge is 0.407 e. The van der Waals surface area contributed by atoms with Crippen molar-refractivity contribution < 1.29 is 33.8 Å². The minimum Gasteiger partial charge on any atom is -0.481 e. The number of aliphatic carboxylic acids is 1. The zero-order chi connectivity index (χ0) is 29.5. The number of rotatable bonds is 11. The molecule has 3 atom stereocenters. The van der Waals surface area contributed by atoms with Crippen molar-refractivity contribution in [1.82, 2.24) is 10.6 Å². The van der Waals surface area contributed by atoms with Crippen LogP contribution in [0.1, 0.15) is 54.7 Å². The molecule has 0 spiro atoms. The number of carboxylic acid groups (broad SMARTS) is 1. The fourth-order valence-electron chi connectivity index (χ4n) is 5.90. The van der Waals surface area contributed by atoms with E-state index in [9.17, 15) is 19.2 Å². The second kappa shape index (κ2) is 13.3. The Morgan fingerprint density at radius 2 is 1.48 bits per heavy atom. The lowest BCUT2D eigenvalue weighted by Crippen LogP contribution is -2.50. The molecule has 9 nitrogen and oxygen atoms in total. The number of carbonyl (C=O) groups excluding carboxylic acids is 3. The van der Waals surface area contributed by atoms with Gasteiger partial charge >= 0.3 is 18.0 Å². The molecule has 2 amide bonds. The lowest BCUT2D eigenvalue weighted by molar-refractivity contribution is -0.147. The first-order chi connectivity index (χ1) is 20.4. The molecule has 0 aromatic heterocycles. The molecule has 0 heterocycles. The first kappa shape index (κ1) is 28.9. The highest BCUT2D eigenvalue weighted by atomic mass is 16.5. The van der Waals surface area contributed by atoms with Gasteiger partial charge in [-0.2, -0.15) is 0 Å². The summed E-state index contributed by atoms with van der Waals surface area (Å²) >= 11 is 0. The van der Waals surface area contributed by atoms with Crippen molar-refractivity contribution in [3.63, 3.8) is 0 Å². The van der Waals surface area contributed by atoms with Gasteiger partial charge in [0.1, 0.15) is 19.3 Å². The molecule has 42 heavy (non-hydrogen) atoms. The molecule has 2 aliphatic carbocycles. The van der Waals surface area contributed by atoms with Crippen LogP contribution in [0.2, 0.25) is 0 Å². The summed E-state index contributed by atoms with van der Waals surface area (Å²) in [6.07, 6.45) is 0.672. The van der Waals surface area contributed by atoms with Gasteiger partial charge in [-0.1, -0.05) is 78.9 Å². The van der Waals surface area contributed by atoms with Crippen molar-refractivity contribution in [2.75, 3.05) is 6.61 Å². The molecular formula is C33H34N2O7. The summed E-state index contributed by atoms with van der Waals surface area (Å²) in [4.78, 5) is 50.0. The fraction of sp³-hybridized carbons (Fsp3) is 0.333. The number of benzene rings is 3. The molecule has 3 aromatic rings. The largest absolute Gasteiger partial charge is 0.481 e. The quantitative estimate of drug-likeness (QED) is 0.283. The first-order valence-corrected chi connectivity index (χ1v) is 14.2. The van der Waals surface area contributed by atoms with Crippen LogP contribution in [0.25, 0.3) is 11.1 Å². The summed E-state index contributed by atoms with van der Waals surface area (Å²) in [6, 6.07) is 23.6. The Morgan fingerprint density at radius 1 is 0.833 bits per heavy atom. The van der Waals surface area contributed by atoms with Crippen LogP contribution in [0, 0.1) is 5.92 Å². The van der Waals surface area contributed by atoms with Crippen molar-refractivity contribution in [3.05, 3.63) is 95.6 Å². The number of alkyl carbamates (subject to hydrolysis) is 1. The molecule has 0 unspecified atom stereocenters. The van der Waals surface area contributed by atoms with Crippen LogP contribution >= 0.6 is 0 Å². The molecule has 3 aromatic carbocycles. The van der Waals surface area contributed by atoms with Crippen LogP contribution in [-0.4, -0.2) is 47.7 Å². The van der Waals surface area contributed by atoms with E-state index in [2.05, 4.69) is 10.6 Å². The average molecular weight is 571 g/mol. The van der Waals surface area contributed by atoms with Crippen LogP contribution < -0.4 is 10.6 Å². The number of esters is 1. The molecule has 2 aliphatic rings. The van der Waals surface area contributed by atoms with E-state index in [1.54, 1.807) is 0 Å². The molecule has 3 N–H and O–H groups in total. The number of ether oxygens (including phenoxy) is 2. The number of nitrogens with one attached hydrogen (secondary N) is 2. The predicted octanol–water partition coefficient (Wildman–Crippen LogP) is 4.79. The summed E-state index contributed by atoms with van der Waals surface area (Å²) in [5, 5.41) is 14.5. The Balaban J connectivity index is 1.22. The van der Waals surface area contributed by atoms with Crippen molar-refractivity contribution in [1.29, 1.82) is 0 Å². The minimum atomic E-state index is -1.22. The second-order valence-electron chi connectivity index (χ2n) is 10.9. The van der Waals surface area contributed by atoms with Gasteiger partial charge in [-0.3, -0.25) is 14.4 Å². The predicted molar refractivity (Wildman–Crippen MR) is 154 cm³/mol. The third-order valence-corrected chi connectivity index (χ3v) is 7.92. The average Bonchev–Trinajstić information content (AvgIpc) is 3.56. The van der Waals surface area contributed by atoms with Gasteiger partial charge in [-0.15, -0.1) is 0 Å². The van der Waals surface area contributed by atoms with Crippen LogP contribution in [0.3, 0.4) is 0 Å². The Labute approximate surface area is 244 Å². The van der Waals surface area contributed by atoms with E-state index in [-0.39, 0.29) is 43.9 Å². The molecule has 1 saturated carbocycles. The van der Waals surface area contributed by atoms with Gasteiger partial charge in [-0.05, 0) is 53.0 Å². The normalized spacial score (nSPS) is 17.9. The lowest BCUT2D eigenvalue weighted by atomic mass is 9.98. The zero-order valence-corrected chi connectivity index (χ0v) is 23.2. The second-order valence-corrected chi connectivity index (χ2v) is 10.9.